The molecule has 2 N–H and O–H groups in total. The minimum Gasteiger partial charge on any atom is -0.411 e. The first kappa shape index (κ1) is 7.79. The van der Waals surface area contributed by atoms with Gasteiger partial charge in [0.15, 0.2) is 0 Å². The molecular weight excluding hydrogens is 180 g/mol. The van der Waals surface area contributed by atoms with E-state index in [0.29, 0.717) is 11.6 Å². The minimum atomic E-state index is 0.121. The van der Waals surface area contributed by atoms with Gasteiger partial charge in [0.25, 0.3) is 0 Å². The predicted octanol–water partition coefficient (Wildman–Crippen LogP) is 1.26. The smallest absolute Gasteiger partial charge is 0.0839 e. The fraction of sp³-hybridized carbons (Fsp3) is 0.400. The molecule has 0 heterocycles. The first-order chi connectivity index (χ1) is 6.86. The Kier molecular flexibility index (Phi) is 1.37. The summed E-state index contributed by atoms with van der Waals surface area (Å²) in [4.78, 5) is 0. The van der Waals surface area contributed by atoms with Gasteiger partial charge in [-0.1, -0.05) is 28.5 Å². The second kappa shape index (κ2) is 2.47. The third-order valence-corrected chi connectivity index (χ3v) is 3.49. The monoisotopic (exact) mass is 190 g/mol. The molecule has 0 unspecified atom stereocenters. The quantitative estimate of drug-likeness (QED) is 0.343. The number of nitrogens with zero attached hydrogens (tertiary/aromatic N) is 2. The van der Waals surface area contributed by atoms with Crippen LogP contribution in [-0.2, 0) is 0 Å². The van der Waals surface area contributed by atoms with Crippen molar-refractivity contribution in [3.8, 4) is 0 Å². The normalized spacial score (nSPS) is 48.3. The summed E-state index contributed by atoms with van der Waals surface area (Å²) in [6.07, 6.45) is 8.01. The largest absolute Gasteiger partial charge is 0.411 e. The maximum atomic E-state index is 8.88. The molecule has 0 aromatic rings. The Hall–Kier alpha value is -1.58. The van der Waals surface area contributed by atoms with E-state index in [4.69, 9.17) is 10.4 Å². The zero-order chi connectivity index (χ0) is 9.71. The van der Waals surface area contributed by atoms with Crippen molar-refractivity contribution in [2.24, 2.45) is 34.0 Å². The van der Waals surface area contributed by atoms with Crippen LogP contribution in [0.5, 0.6) is 0 Å². The van der Waals surface area contributed by atoms with Crippen LogP contribution in [0.3, 0.4) is 0 Å². The standard InChI is InChI=1S/C10H10N2O2/c13-11-8-4-3-5-6-1-2-7(9(5)8)10(6)12-14/h1-7,9,13-14H/b11-8+,12-10-/t5-,6+,7+,9-/m0/s1. The number of hydrogen-bond donors (Lipinski definition) is 2. The molecule has 0 spiro atoms. The van der Waals surface area contributed by atoms with E-state index in [1.54, 1.807) is 0 Å². The van der Waals surface area contributed by atoms with Crippen LogP contribution in [-0.4, -0.2) is 21.8 Å². The summed E-state index contributed by atoms with van der Waals surface area (Å²) in [5.41, 5.74) is 1.51. The van der Waals surface area contributed by atoms with Crippen LogP contribution in [0.2, 0.25) is 0 Å². The van der Waals surface area contributed by atoms with Gasteiger partial charge in [0, 0.05) is 17.8 Å². The van der Waals surface area contributed by atoms with Crippen molar-refractivity contribution in [1.29, 1.82) is 0 Å². The summed E-state index contributed by atoms with van der Waals surface area (Å²) in [5.74, 6) is 0.823. The number of allylic oxidation sites excluding steroid dienone is 4. The van der Waals surface area contributed by atoms with Crippen LogP contribution >= 0.6 is 0 Å². The minimum absolute atomic E-state index is 0.121. The van der Waals surface area contributed by atoms with Crippen molar-refractivity contribution >= 4 is 11.4 Å². The van der Waals surface area contributed by atoms with E-state index >= 15 is 0 Å². The summed E-state index contributed by atoms with van der Waals surface area (Å²) in [7, 11) is 0. The molecule has 3 aliphatic rings. The molecule has 0 saturated heterocycles. The number of fused-ring (bicyclic) bond motifs is 5. The highest BCUT2D eigenvalue weighted by Crippen LogP contribution is 2.49. The third kappa shape index (κ3) is 0.697. The average Bonchev–Trinajstić information content (AvgIpc) is 2.87. The maximum Gasteiger partial charge on any atom is 0.0839 e. The van der Waals surface area contributed by atoms with Crippen LogP contribution in [0.25, 0.3) is 0 Å². The Morgan fingerprint density at radius 1 is 1.00 bits per heavy atom. The Bertz CT molecular complexity index is 395. The molecule has 1 fully saturated rings. The highest BCUT2D eigenvalue weighted by molar-refractivity contribution is 6.09. The summed E-state index contributed by atoms with van der Waals surface area (Å²) in [6, 6.07) is 0. The number of oxime groups is 2. The molecule has 3 rings (SSSR count). The van der Waals surface area contributed by atoms with Crippen molar-refractivity contribution in [2.75, 3.05) is 0 Å². The lowest BCUT2D eigenvalue weighted by Gasteiger charge is -2.17. The lowest BCUT2D eigenvalue weighted by molar-refractivity contribution is 0.312. The van der Waals surface area contributed by atoms with Gasteiger partial charge in [-0.15, -0.1) is 0 Å². The van der Waals surface area contributed by atoms with Gasteiger partial charge >= 0.3 is 0 Å². The van der Waals surface area contributed by atoms with Gasteiger partial charge in [0.2, 0.25) is 0 Å². The fourth-order valence-electron chi connectivity index (χ4n) is 2.93. The topological polar surface area (TPSA) is 65.2 Å². The molecular formula is C10H10N2O2. The molecule has 72 valence electrons. The molecule has 2 bridgehead atoms. The molecule has 4 heteroatoms. The zero-order valence-corrected chi connectivity index (χ0v) is 7.41. The van der Waals surface area contributed by atoms with Gasteiger partial charge in [-0.3, -0.25) is 0 Å². The molecule has 0 aromatic carbocycles. The van der Waals surface area contributed by atoms with Crippen LogP contribution in [0.15, 0.2) is 34.6 Å². The van der Waals surface area contributed by atoms with E-state index in [1.807, 2.05) is 18.2 Å². The molecule has 0 radical (unpaired) electrons. The third-order valence-electron chi connectivity index (χ3n) is 3.49. The number of hydrogen-bond acceptors (Lipinski definition) is 4. The molecule has 14 heavy (non-hydrogen) atoms. The number of rotatable bonds is 0. The molecule has 3 aliphatic carbocycles. The first-order valence-corrected chi connectivity index (χ1v) is 4.67. The van der Waals surface area contributed by atoms with Crippen LogP contribution in [0.1, 0.15) is 0 Å². The van der Waals surface area contributed by atoms with Crippen molar-refractivity contribution in [3.63, 3.8) is 0 Å². The van der Waals surface area contributed by atoms with Gasteiger partial charge in [0.1, 0.15) is 0 Å². The summed E-state index contributed by atoms with van der Waals surface area (Å²) in [6.45, 7) is 0. The molecule has 4 atom stereocenters. The lowest BCUT2D eigenvalue weighted by atomic mass is 9.85. The molecule has 1 saturated carbocycles. The Morgan fingerprint density at radius 3 is 2.50 bits per heavy atom. The van der Waals surface area contributed by atoms with Gasteiger partial charge in [-0.2, -0.15) is 0 Å². The van der Waals surface area contributed by atoms with Gasteiger partial charge in [-0.25, -0.2) is 0 Å². The molecule has 0 aliphatic heterocycles. The maximum absolute atomic E-state index is 8.88. The van der Waals surface area contributed by atoms with Crippen LogP contribution in [0.4, 0.5) is 0 Å². The average molecular weight is 190 g/mol. The Morgan fingerprint density at radius 2 is 1.79 bits per heavy atom. The van der Waals surface area contributed by atoms with E-state index in [9.17, 15) is 0 Å². The molecule has 0 aromatic heterocycles. The second-order valence-corrected chi connectivity index (χ2v) is 3.95. The predicted molar refractivity (Wildman–Crippen MR) is 50.7 cm³/mol. The van der Waals surface area contributed by atoms with Crippen molar-refractivity contribution in [3.05, 3.63) is 24.3 Å². The van der Waals surface area contributed by atoms with Gasteiger partial charge < -0.3 is 10.4 Å². The first-order valence-electron chi connectivity index (χ1n) is 4.67. The van der Waals surface area contributed by atoms with E-state index in [0.717, 1.165) is 5.71 Å². The summed E-state index contributed by atoms with van der Waals surface area (Å²) in [5, 5.41) is 24.3. The van der Waals surface area contributed by atoms with Crippen molar-refractivity contribution in [1.82, 2.24) is 0 Å². The molecule has 0 amide bonds. The van der Waals surface area contributed by atoms with Gasteiger partial charge in [-0.05, 0) is 12.0 Å². The fourth-order valence-corrected chi connectivity index (χ4v) is 2.93. The van der Waals surface area contributed by atoms with E-state index in [1.165, 1.54) is 0 Å². The summed E-state index contributed by atoms with van der Waals surface area (Å²) < 4.78 is 0. The van der Waals surface area contributed by atoms with E-state index < -0.39 is 0 Å². The zero-order valence-electron chi connectivity index (χ0n) is 7.41. The van der Waals surface area contributed by atoms with Crippen LogP contribution in [0, 0.1) is 23.7 Å². The van der Waals surface area contributed by atoms with Crippen LogP contribution < -0.4 is 0 Å². The molecule has 4 nitrogen and oxygen atoms in total. The Balaban J connectivity index is 2.08. The highest BCUT2D eigenvalue weighted by atomic mass is 16.4. The lowest BCUT2D eigenvalue weighted by Crippen LogP contribution is -2.20. The van der Waals surface area contributed by atoms with E-state index in [2.05, 4.69) is 16.4 Å². The van der Waals surface area contributed by atoms with E-state index in [-0.39, 0.29) is 17.8 Å². The van der Waals surface area contributed by atoms with Crippen molar-refractivity contribution < 1.29 is 10.4 Å². The summed E-state index contributed by atoms with van der Waals surface area (Å²) >= 11 is 0. The van der Waals surface area contributed by atoms with Crippen molar-refractivity contribution in [2.45, 2.75) is 0 Å². The second-order valence-electron chi connectivity index (χ2n) is 3.95. The Labute approximate surface area is 80.9 Å². The highest BCUT2D eigenvalue weighted by Gasteiger charge is 2.52. The SMILES string of the molecule is O/N=C1/[C@@H]2C=C[C@@H]1[C@H]1/C(=N/O)C=C[C@H]12. The van der Waals surface area contributed by atoms with Gasteiger partial charge in [0.05, 0.1) is 11.4 Å².